The molecular formula is C14H21NO2S. The van der Waals surface area contributed by atoms with Crippen molar-refractivity contribution in [2.24, 2.45) is 5.92 Å². The molecule has 0 radical (unpaired) electrons. The van der Waals surface area contributed by atoms with Gasteiger partial charge in [0, 0.05) is 19.7 Å². The molecule has 0 unspecified atom stereocenters. The van der Waals surface area contributed by atoms with Gasteiger partial charge in [-0.25, -0.2) is 4.98 Å². The van der Waals surface area contributed by atoms with E-state index in [1.165, 1.54) is 24.2 Å². The second kappa shape index (κ2) is 5.49. The van der Waals surface area contributed by atoms with Crippen molar-refractivity contribution < 1.29 is 9.53 Å². The lowest BCUT2D eigenvalue weighted by Crippen LogP contribution is -2.34. The highest BCUT2D eigenvalue weighted by atomic mass is 32.1. The van der Waals surface area contributed by atoms with E-state index in [2.05, 4.69) is 11.9 Å². The van der Waals surface area contributed by atoms with Crippen LogP contribution in [0.2, 0.25) is 0 Å². The Hall–Kier alpha value is -0.740. The Kier molecular flexibility index (Phi) is 4.17. The first kappa shape index (κ1) is 13.7. The third-order valence-electron chi connectivity index (χ3n) is 3.75. The average Bonchev–Trinajstić information content (AvgIpc) is 2.83. The topological polar surface area (TPSA) is 39.2 Å². The first-order valence-electron chi connectivity index (χ1n) is 6.68. The van der Waals surface area contributed by atoms with Crippen LogP contribution < -0.4 is 0 Å². The number of hydrogen-bond donors (Lipinski definition) is 0. The van der Waals surface area contributed by atoms with E-state index in [-0.39, 0.29) is 11.4 Å². The minimum Gasteiger partial charge on any atom is -0.368 e. The van der Waals surface area contributed by atoms with Crippen molar-refractivity contribution in [1.82, 2.24) is 4.98 Å². The highest BCUT2D eigenvalue weighted by molar-refractivity contribution is 7.13. The van der Waals surface area contributed by atoms with Gasteiger partial charge in [-0.3, -0.25) is 4.79 Å². The number of carbonyl (C=O) groups excluding carboxylic acids is 1. The molecule has 3 nitrogen and oxygen atoms in total. The first-order valence-corrected chi connectivity index (χ1v) is 7.50. The molecule has 0 aliphatic heterocycles. The number of ether oxygens (including phenoxy) is 1. The Balaban J connectivity index is 2.25. The van der Waals surface area contributed by atoms with Crippen LogP contribution in [0.4, 0.5) is 0 Å². The van der Waals surface area contributed by atoms with Gasteiger partial charge in [-0.2, -0.15) is 0 Å². The largest absolute Gasteiger partial charge is 0.368 e. The summed E-state index contributed by atoms with van der Waals surface area (Å²) in [5.41, 5.74) is -0.236. The zero-order valence-corrected chi connectivity index (χ0v) is 12.2. The molecule has 1 fully saturated rings. The van der Waals surface area contributed by atoms with Gasteiger partial charge in [0.2, 0.25) is 0 Å². The van der Waals surface area contributed by atoms with Gasteiger partial charge in [-0.05, 0) is 38.5 Å². The van der Waals surface area contributed by atoms with E-state index in [1.54, 1.807) is 13.1 Å². The normalized spacial score (nSPS) is 28.3. The fraction of sp³-hybridized carbons (Fsp3) is 0.714. The lowest BCUT2D eigenvalue weighted by molar-refractivity contribution is -0.0776. The number of nitrogens with zero attached hydrogens (tertiary/aromatic N) is 1. The minimum absolute atomic E-state index is 0.0922. The van der Waals surface area contributed by atoms with Crippen LogP contribution in [-0.2, 0) is 10.3 Å². The maximum atomic E-state index is 11.4. The molecule has 1 aromatic rings. The lowest BCUT2D eigenvalue weighted by Gasteiger charge is -2.37. The highest BCUT2D eigenvalue weighted by Crippen LogP contribution is 2.43. The number of carbonyl (C=O) groups is 1. The van der Waals surface area contributed by atoms with Crippen molar-refractivity contribution in [1.29, 1.82) is 0 Å². The van der Waals surface area contributed by atoms with Crippen LogP contribution in [0.5, 0.6) is 0 Å². The summed E-state index contributed by atoms with van der Waals surface area (Å²) in [4.78, 5) is 16.6. The van der Waals surface area contributed by atoms with Gasteiger partial charge in [0.05, 0.1) is 4.88 Å². The summed E-state index contributed by atoms with van der Waals surface area (Å²) >= 11 is 1.50. The summed E-state index contributed by atoms with van der Waals surface area (Å²) in [6.07, 6.45) is 6.09. The van der Waals surface area contributed by atoms with Crippen LogP contribution in [0.3, 0.4) is 0 Å². The van der Waals surface area contributed by atoms with Crippen molar-refractivity contribution in [3.05, 3.63) is 16.1 Å². The number of Topliss-reactive ketones (excluding diaryl/α,β-unsaturated/α-hetero) is 1. The molecule has 0 amide bonds. The van der Waals surface area contributed by atoms with E-state index in [1.807, 2.05) is 6.92 Å². The maximum Gasteiger partial charge on any atom is 0.171 e. The van der Waals surface area contributed by atoms with Gasteiger partial charge in [0.25, 0.3) is 0 Å². The summed E-state index contributed by atoms with van der Waals surface area (Å²) < 4.78 is 6.03. The molecule has 1 saturated carbocycles. The third-order valence-corrected chi connectivity index (χ3v) is 5.03. The molecule has 18 heavy (non-hydrogen) atoms. The number of ketones is 1. The van der Waals surface area contributed by atoms with E-state index in [9.17, 15) is 4.79 Å². The summed E-state index contributed by atoms with van der Waals surface area (Å²) in [6.45, 7) is 6.61. The zero-order chi connectivity index (χ0) is 13.2. The fourth-order valence-corrected chi connectivity index (χ4v) is 3.58. The summed E-state index contributed by atoms with van der Waals surface area (Å²) in [7, 11) is 0. The quantitative estimate of drug-likeness (QED) is 0.779. The van der Waals surface area contributed by atoms with E-state index >= 15 is 0 Å². The van der Waals surface area contributed by atoms with Crippen LogP contribution in [0.25, 0.3) is 0 Å². The number of aromatic nitrogens is 1. The van der Waals surface area contributed by atoms with E-state index in [4.69, 9.17) is 4.74 Å². The second-order valence-corrected chi connectivity index (χ2v) is 6.23. The summed E-state index contributed by atoms with van der Waals surface area (Å²) in [5, 5.41) is 0.987. The Morgan fingerprint density at radius 2 is 2.22 bits per heavy atom. The molecule has 0 bridgehead atoms. The lowest BCUT2D eigenvalue weighted by atomic mass is 9.80. The summed E-state index contributed by atoms with van der Waals surface area (Å²) in [6, 6.07) is 0. The van der Waals surface area contributed by atoms with E-state index in [0.29, 0.717) is 6.61 Å². The molecule has 1 aliphatic carbocycles. The maximum absolute atomic E-state index is 11.4. The molecule has 0 spiro atoms. The molecule has 0 aromatic carbocycles. The molecule has 0 saturated heterocycles. The molecule has 100 valence electrons. The van der Waals surface area contributed by atoms with Gasteiger partial charge in [0.1, 0.15) is 10.6 Å². The Morgan fingerprint density at radius 3 is 2.72 bits per heavy atom. The molecule has 1 aliphatic rings. The van der Waals surface area contributed by atoms with Crippen molar-refractivity contribution in [3.63, 3.8) is 0 Å². The van der Waals surface area contributed by atoms with Crippen molar-refractivity contribution in [3.8, 4) is 0 Å². The van der Waals surface area contributed by atoms with Crippen molar-refractivity contribution in [2.45, 2.75) is 52.1 Å². The molecule has 1 heterocycles. The summed E-state index contributed by atoms with van der Waals surface area (Å²) in [5.74, 6) is 0.861. The monoisotopic (exact) mass is 267 g/mol. The number of thiazole rings is 1. The van der Waals surface area contributed by atoms with Crippen LogP contribution in [0.15, 0.2) is 6.20 Å². The third kappa shape index (κ3) is 2.64. The zero-order valence-electron chi connectivity index (χ0n) is 11.4. The predicted octanol–water partition coefficient (Wildman–Crippen LogP) is 3.79. The molecular weight excluding hydrogens is 246 g/mol. The SMILES string of the molecule is CCOC1(c2ncc(C(C)=O)s2)CCC(C)CC1. The Bertz CT molecular complexity index is 419. The molecule has 4 heteroatoms. The van der Waals surface area contributed by atoms with Gasteiger partial charge >= 0.3 is 0 Å². The van der Waals surface area contributed by atoms with Crippen LogP contribution in [0, 0.1) is 5.92 Å². The van der Waals surface area contributed by atoms with E-state index < -0.39 is 0 Å². The molecule has 1 aromatic heterocycles. The molecule has 0 N–H and O–H groups in total. The number of rotatable bonds is 4. The molecule has 2 rings (SSSR count). The standard InChI is InChI=1S/C14H21NO2S/c1-4-17-14(7-5-10(2)6-8-14)13-15-9-12(18-13)11(3)16/h9-10H,4-8H2,1-3H3. The second-order valence-electron chi connectivity index (χ2n) is 5.20. The Morgan fingerprint density at radius 1 is 1.56 bits per heavy atom. The predicted molar refractivity (Wildman–Crippen MR) is 73.1 cm³/mol. The van der Waals surface area contributed by atoms with Crippen LogP contribution in [-0.4, -0.2) is 17.4 Å². The van der Waals surface area contributed by atoms with Gasteiger partial charge in [0.15, 0.2) is 5.78 Å². The smallest absolute Gasteiger partial charge is 0.171 e. The van der Waals surface area contributed by atoms with Crippen LogP contribution in [0.1, 0.15) is 61.1 Å². The van der Waals surface area contributed by atoms with Crippen LogP contribution >= 0.6 is 11.3 Å². The number of hydrogen-bond acceptors (Lipinski definition) is 4. The average molecular weight is 267 g/mol. The van der Waals surface area contributed by atoms with Crippen molar-refractivity contribution >= 4 is 17.1 Å². The van der Waals surface area contributed by atoms with Gasteiger partial charge in [-0.1, -0.05) is 6.92 Å². The Labute approximate surface area is 113 Å². The minimum atomic E-state index is -0.236. The molecule has 0 atom stereocenters. The highest BCUT2D eigenvalue weighted by Gasteiger charge is 2.39. The van der Waals surface area contributed by atoms with Gasteiger partial charge < -0.3 is 4.74 Å². The fourth-order valence-electron chi connectivity index (χ4n) is 2.57. The van der Waals surface area contributed by atoms with Gasteiger partial charge in [-0.15, -0.1) is 11.3 Å². The van der Waals surface area contributed by atoms with E-state index in [0.717, 1.165) is 28.6 Å². The first-order chi connectivity index (χ1) is 8.57. The van der Waals surface area contributed by atoms with Crippen molar-refractivity contribution in [2.75, 3.05) is 6.61 Å².